The van der Waals surface area contributed by atoms with E-state index < -0.39 is 5.92 Å². The van der Waals surface area contributed by atoms with Crippen molar-refractivity contribution in [1.82, 2.24) is 10.2 Å². The molecule has 1 aromatic rings. The highest BCUT2D eigenvalue weighted by molar-refractivity contribution is 5.27. The van der Waals surface area contributed by atoms with Crippen molar-refractivity contribution < 1.29 is 8.78 Å². The molecule has 2 rings (SSSR count). The lowest BCUT2D eigenvalue weighted by molar-refractivity contribution is -0.00832. The molecule has 0 aliphatic carbocycles. The van der Waals surface area contributed by atoms with Gasteiger partial charge >= 0.3 is 0 Å². The summed E-state index contributed by atoms with van der Waals surface area (Å²) in [5, 5.41) is 3.32. The van der Waals surface area contributed by atoms with Crippen molar-refractivity contribution in [2.45, 2.75) is 32.2 Å². The van der Waals surface area contributed by atoms with Gasteiger partial charge in [0.25, 0.3) is 5.92 Å². The lowest BCUT2D eigenvalue weighted by Crippen LogP contribution is -2.44. The molecule has 4 heteroatoms. The van der Waals surface area contributed by atoms with Crippen LogP contribution >= 0.6 is 0 Å². The maximum absolute atomic E-state index is 13.6. The van der Waals surface area contributed by atoms with Gasteiger partial charge in [0.05, 0.1) is 0 Å². The smallest absolute Gasteiger partial charge is 0.273 e. The summed E-state index contributed by atoms with van der Waals surface area (Å²) in [6, 6.07) is 7.10. The van der Waals surface area contributed by atoms with E-state index in [1.807, 2.05) is 12.1 Å². The van der Waals surface area contributed by atoms with Crippen LogP contribution in [0.3, 0.4) is 0 Å². The number of nitrogens with zero attached hydrogens (tertiary/aromatic N) is 1. The Morgan fingerprint density at radius 3 is 2.32 bits per heavy atom. The molecular weight excluding hydrogens is 246 g/mol. The fourth-order valence-electron chi connectivity index (χ4n) is 2.49. The quantitative estimate of drug-likeness (QED) is 0.902. The molecule has 0 radical (unpaired) electrons. The van der Waals surface area contributed by atoms with Crippen LogP contribution in [0.5, 0.6) is 0 Å². The summed E-state index contributed by atoms with van der Waals surface area (Å²) < 4.78 is 27.1. The maximum atomic E-state index is 13.6. The van der Waals surface area contributed by atoms with Crippen molar-refractivity contribution >= 4 is 0 Å². The Morgan fingerprint density at radius 2 is 1.79 bits per heavy atom. The molecule has 1 aliphatic rings. The standard InChI is InChI=1S/C15H22F2N2/c1-3-15(16,17)14-6-4-13(5-7-14)12(2)19-10-8-18-9-11-19/h4-7,12,18H,3,8-11H2,1-2H3. The van der Waals surface area contributed by atoms with Gasteiger partial charge in [0.2, 0.25) is 0 Å². The highest BCUT2D eigenvalue weighted by atomic mass is 19.3. The van der Waals surface area contributed by atoms with Gasteiger partial charge in [-0.1, -0.05) is 31.2 Å². The molecule has 106 valence electrons. The summed E-state index contributed by atoms with van der Waals surface area (Å²) >= 11 is 0. The fraction of sp³-hybridized carbons (Fsp3) is 0.600. The SMILES string of the molecule is CCC(F)(F)c1ccc(C(C)N2CCNCC2)cc1. The molecule has 1 saturated heterocycles. The highest BCUT2D eigenvalue weighted by Crippen LogP contribution is 2.32. The number of rotatable bonds is 4. The monoisotopic (exact) mass is 268 g/mol. The molecule has 0 spiro atoms. The first-order valence-electron chi connectivity index (χ1n) is 6.97. The van der Waals surface area contributed by atoms with Gasteiger partial charge in [-0.3, -0.25) is 4.90 Å². The topological polar surface area (TPSA) is 15.3 Å². The minimum absolute atomic E-state index is 0.117. The summed E-state index contributed by atoms with van der Waals surface area (Å²) in [4.78, 5) is 2.38. The normalized spacial score (nSPS) is 19.4. The zero-order valence-electron chi connectivity index (χ0n) is 11.6. The van der Waals surface area contributed by atoms with Crippen LogP contribution in [0.4, 0.5) is 8.78 Å². The van der Waals surface area contributed by atoms with Crippen LogP contribution in [0.25, 0.3) is 0 Å². The van der Waals surface area contributed by atoms with Gasteiger partial charge < -0.3 is 5.32 Å². The third-order valence-corrected chi connectivity index (χ3v) is 3.96. The van der Waals surface area contributed by atoms with Crippen molar-refractivity contribution in [3.63, 3.8) is 0 Å². The fourth-order valence-corrected chi connectivity index (χ4v) is 2.49. The second-order valence-corrected chi connectivity index (χ2v) is 5.14. The molecule has 2 nitrogen and oxygen atoms in total. The zero-order valence-corrected chi connectivity index (χ0v) is 11.6. The summed E-state index contributed by atoms with van der Waals surface area (Å²) in [5.41, 5.74) is 1.23. The molecule has 1 fully saturated rings. The minimum atomic E-state index is -2.71. The van der Waals surface area contributed by atoms with Crippen LogP contribution in [0.2, 0.25) is 0 Å². The third-order valence-electron chi connectivity index (χ3n) is 3.96. The summed E-state index contributed by atoms with van der Waals surface area (Å²) in [6.07, 6.45) is -0.153. The van der Waals surface area contributed by atoms with Crippen molar-refractivity contribution in [3.8, 4) is 0 Å². The molecule has 1 atom stereocenters. The van der Waals surface area contributed by atoms with Gasteiger partial charge in [-0.05, 0) is 12.5 Å². The molecule has 1 heterocycles. The molecule has 0 aromatic heterocycles. The zero-order chi connectivity index (χ0) is 13.9. The van der Waals surface area contributed by atoms with E-state index in [9.17, 15) is 8.78 Å². The number of piperazine rings is 1. The minimum Gasteiger partial charge on any atom is -0.314 e. The van der Waals surface area contributed by atoms with E-state index in [-0.39, 0.29) is 18.0 Å². The van der Waals surface area contributed by atoms with Crippen molar-refractivity contribution in [2.75, 3.05) is 26.2 Å². The highest BCUT2D eigenvalue weighted by Gasteiger charge is 2.29. The Bertz CT molecular complexity index is 397. The predicted octanol–water partition coefficient (Wildman–Crippen LogP) is 3.15. The van der Waals surface area contributed by atoms with Crippen LogP contribution in [0.1, 0.15) is 37.4 Å². The molecule has 19 heavy (non-hydrogen) atoms. The van der Waals surface area contributed by atoms with E-state index in [1.165, 1.54) is 6.92 Å². The summed E-state index contributed by atoms with van der Waals surface area (Å²) in [7, 11) is 0. The molecule has 1 aliphatic heterocycles. The number of hydrogen-bond acceptors (Lipinski definition) is 2. The van der Waals surface area contributed by atoms with E-state index in [2.05, 4.69) is 17.1 Å². The molecule has 0 amide bonds. The number of benzene rings is 1. The molecule has 1 aromatic carbocycles. The average Bonchev–Trinajstić information content (AvgIpc) is 2.47. The molecular formula is C15H22F2N2. The lowest BCUT2D eigenvalue weighted by atomic mass is 10.0. The van der Waals surface area contributed by atoms with Crippen LogP contribution < -0.4 is 5.32 Å². The van der Waals surface area contributed by atoms with E-state index in [0.717, 1.165) is 31.7 Å². The number of alkyl halides is 2. The van der Waals surface area contributed by atoms with Gasteiger partial charge in [-0.2, -0.15) is 0 Å². The summed E-state index contributed by atoms with van der Waals surface area (Å²) in [6.45, 7) is 7.66. The molecule has 1 N–H and O–H groups in total. The lowest BCUT2D eigenvalue weighted by Gasteiger charge is -2.33. The Kier molecular flexibility index (Phi) is 4.53. The Morgan fingerprint density at radius 1 is 1.21 bits per heavy atom. The van der Waals surface area contributed by atoms with E-state index in [4.69, 9.17) is 0 Å². The van der Waals surface area contributed by atoms with E-state index >= 15 is 0 Å². The van der Waals surface area contributed by atoms with E-state index in [1.54, 1.807) is 12.1 Å². The largest absolute Gasteiger partial charge is 0.314 e. The van der Waals surface area contributed by atoms with Gasteiger partial charge in [0.1, 0.15) is 0 Å². The van der Waals surface area contributed by atoms with Gasteiger partial charge in [-0.15, -0.1) is 0 Å². The van der Waals surface area contributed by atoms with Crippen LogP contribution in [-0.4, -0.2) is 31.1 Å². The Balaban J connectivity index is 2.09. The van der Waals surface area contributed by atoms with Crippen molar-refractivity contribution in [1.29, 1.82) is 0 Å². The average molecular weight is 268 g/mol. The van der Waals surface area contributed by atoms with Gasteiger partial charge in [-0.25, -0.2) is 8.78 Å². The van der Waals surface area contributed by atoms with Crippen LogP contribution in [-0.2, 0) is 5.92 Å². The maximum Gasteiger partial charge on any atom is 0.273 e. The van der Waals surface area contributed by atoms with Crippen LogP contribution in [0.15, 0.2) is 24.3 Å². The van der Waals surface area contributed by atoms with E-state index in [0.29, 0.717) is 0 Å². The molecule has 1 unspecified atom stereocenters. The molecule has 0 saturated carbocycles. The Labute approximate surface area is 113 Å². The van der Waals surface area contributed by atoms with Gasteiger partial charge in [0, 0.05) is 44.2 Å². The summed E-state index contributed by atoms with van der Waals surface area (Å²) in [5.74, 6) is -2.71. The second kappa shape index (κ2) is 5.97. The van der Waals surface area contributed by atoms with Gasteiger partial charge in [0.15, 0.2) is 0 Å². The molecule has 0 bridgehead atoms. The predicted molar refractivity (Wildman–Crippen MR) is 73.5 cm³/mol. The van der Waals surface area contributed by atoms with Crippen molar-refractivity contribution in [2.24, 2.45) is 0 Å². The third kappa shape index (κ3) is 3.31. The van der Waals surface area contributed by atoms with Crippen molar-refractivity contribution in [3.05, 3.63) is 35.4 Å². The second-order valence-electron chi connectivity index (χ2n) is 5.14. The number of halogens is 2. The Hall–Kier alpha value is -1.00. The van der Waals surface area contributed by atoms with Crippen LogP contribution in [0, 0.1) is 0 Å². The first-order valence-corrected chi connectivity index (χ1v) is 6.97. The first-order chi connectivity index (χ1) is 9.04. The number of nitrogens with one attached hydrogen (secondary N) is 1. The first kappa shape index (κ1) is 14.4. The number of hydrogen-bond donors (Lipinski definition) is 1.